The van der Waals surface area contributed by atoms with Crippen molar-refractivity contribution in [2.24, 2.45) is 12.0 Å². The zero-order chi connectivity index (χ0) is 18.1. The molecule has 1 aromatic carbocycles. The summed E-state index contributed by atoms with van der Waals surface area (Å²) in [5.74, 6) is 1.64. The molecule has 0 spiro atoms. The van der Waals surface area contributed by atoms with Crippen LogP contribution in [0.1, 0.15) is 25.2 Å². The minimum absolute atomic E-state index is 0.501. The SMILES string of the molecule is CCNC(=NCc1nncn1C)NCCN(CC)c1cccc(C)c1. The van der Waals surface area contributed by atoms with Gasteiger partial charge >= 0.3 is 0 Å². The monoisotopic (exact) mass is 343 g/mol. The number of hydrogen-bond acceptors (Lipinski definition) is 4. The highest BCUT2D eigenvalue weighted by Crippen LogP contribution is 2.14. The molecule has 0 atom stereocenters. The number of guanidine groups is 1. The fourth-order valence-electron chi connectivity index (χ4n) is 2.55. The lowest BCUT2D eigenvalue weighted by molar-refractivity contribution is 0.740. The van der Waals surface area contributed by atoms with Crippen LogP contribution in [0.2, 0.25) is 0 Å². The highest BCUT2D eigenvalue weighted by molar-refractivity contribution is 5.79. The molecular weight excluding hydrogens is 314 g/mol. The molecule has 0 aliphatic heterocycles. The maximum Gasteiger partial charge on any atom is 0.191 e. The van der Waals surface area contributed by atoms with Gasteiger partial charge in [0.05, 0.1) is 0 Å². The summed E-state index contributed by atoms with van der Waals surface area (Å²) in [4.78, 5) is 6.93. The van der Waals surface area contributed by atoms with Crippen molar-refractivity contribution in [1.82, 2.24) is 25.4 Å². The Morgan fingerprint density at radius 1 is 1.28 bits per heavy atom. The molecule has 0 fully saturated rings. The second kappa shape index (κ2) is 9.66. The third kappa shape index (κ3) is 5.77. The molecule has 7 nitrogen and oxygen atoms in total. The van der Waals surface area contributed by atoms with E-state index in [0.717, 1.165) is 38.0 Å². The summed E-state index contributed by atoms with van der Waals surface area (Å²) < 4.78 is 1.88. The third-order valence-electron chi connectivity index (χ3n) is 3.95. The predicted octanol–water partition coefficient (Wildman–Crippen LogP) is 1.71. The largest absolute Gasteiger partial charge is 0.370 e. The summed E-state index contributed by atoms with van der Waals surface area (Å²) in [6.07, 6.45) is 1.69. The van der Waals surface area contributed by atoms with E-state index in [0.29, 0.717) is 6.54 Å². The van der Waals surface area contributed by atoms with Gasteiger partial charge < -0.3 is 20.1 Å². The average Bonchev–Trinajstić information content (AvgIpc) is 3.01. The molecule has 7 heteroatoms. The van der Waals surface area contributed by atoms with Gasteiger partial charge in [0.15, 0.2) is 11.8 Å². The lowest BCUT2D eigenvalue weighted by Gasteiger charge is -2.24. The van der Waals surface area contributed by atoms with E-state index in [1.54, 1.807) is 6.33 Å². The number of aromatic nitrogens is 3. The van der Waals surface area contributed by atoms with E-state index in [4.69, 9.17) is 0 Å². The molecule has 2 N–H and O–H groups in total. The van der Waals surface area contributed by atoms with Gasteiger partial charge in [0.2, 0.25) is 0 Å². The van der Waals surface area contributed by atoms with Crippen molar-refractivity contribution in [1.29, 1.82) is 0 Å². The van der Waals surface area contributed by atoms with Gasteiger partial charge in [0.1, 0.15) is 12.9 Å². The molecule has 0 aliphatic carbocycles. The summed E-state index contributed by atoms with van der Waals surface area (Å²) in [5, 5.41) is 14.6. The van der Waals surface area contributed by atoms with Gasteiger partial charge in [-0.25, -0.2) is 4.99 Å². The van der Waals surface area contributed by atoms with E-state index < -0.39 is 0 Å². The Labute approximate surface area is 150 Å². The first-order valence-corrected chi connectivity index (χ1v) is 8.80. The smallest absolute Gasteiger partial charge is 0.191 e. The van der Waals surface area contributed by atoms with Crippen molar-refractivity contribution >= 4 is 11.6 Å². The number of nitrogens with one attached hydrogen (secondary N) is 2. The second-order valence-corrected chi connectivity index (χ2v) is 5.90. The van der Waals surface area contributed by atoms with E-state index in [2.05, 4.69) is 75.8 Å². The van der Waals surface area contributed by atoms with E-state index in [1.807, 2.05) is 11.6 Å². The van der Waals surface area contributed by atoms with Crippen molar-refractivity contribution < 1.29 is 0 Å². The predicted molar refractivity (Wildman–Crippen MR) is 103 cm³/mol. The molecule has 2 aromatic rings. The van der Waals surface area contributed by atoms with Crippen LogP contribution in [0.25, 0.3) is 0 Å². The van der Waals surface area contributed by atoms with Crippen LogP contribution < -0.4 is 15.5 Å². The van der Waals surface area contributed by atoms with Crippen LogP contribution in [0.15, 0.2) is 35.6 Å². The van der Waals surface area contributed by atoms with Gasteiger partial charge in [-0.1, -0.05) is 12.1 Å². The van der Waals surface area contributed by atoms with Gasteiger partial charge in [0.25, 0.3) is 0 Å². The standard InChI is InChI=1S/C18H29N7/c1-5-19-18(21-13-17-23-22-14-24(17)4)20-10-11-25(6-2)16-9-7-8-15(3)12-16/h7-9,12,14H,5-6,10-11,13H2,1-4H3,(H2,19,20,21). The van der Waals surface area contributed by atoms with Gasteiger partial charge in [-0.2, -0.15) is 0 Å². The number of likely N-dealkylation sites (N-methyl/N-ethyl adjacent to an activating group) is 1. The molecule has 136 valence electrons. The molecule has 0 unspecified atom stereocenters. The van der Waals surface area contributed by atoms with Crippen molar-refractivity contribution in [3.8, 4) is 0 Å². The Kier molecular flexibility index (Phi) is 7.25. The minimum Gasteiger partial charge on any atom is -0.370 e. The van der Waals surface area contributed by atoms with Crippen LogP contribution in [0.4, 0.5) is 5.69 Å². The number of aryl methyl sites for hydroxylation is 2. The molecule has 0 aliphatic rings. The Hall–Kier alpha value is -2.57. The summed E-state index contributed by atoms with van der Waals surface area (Å²) in [6, 6.07) is 8.60. The normalized spacial score (nSPS) is 11.4. The quantitative estimate of drug-likeness (QED) is 0.564. The average molecular weight is 343 g/mol. The fourth-order valence-corrected chi connectivity index (χ4v) is 2.55. The summed E-state index contributed by atoms with van der Waals surface area (Å²) >= 11 is 0. The summed E-state index contributed by atoms with van der Waals surface area (Å²) in [7, 11) is 1.92. The first kappa shape index (κ1) is 18.8. The maximum atomic E-state index is 4.58. The van der Waals surface area contributed by atoms with Gasteiger partial charge in [-0.3, -0.25) is 0 Å². The molecule has 0 saturated heterocycles. The maximum absolute atomic E-state index is 4.58. The minimum atomic E-state index is 0.501. The Morgan fingerprint density at radius 2 is 2.12 bits per heavy atom. The molecule has 25 heavy (non-hydrogen) atoms. The van der Waals surface area contributed by atoms with Crippen molar-refractivity contribution in [3.63, 3.8) is 0 Å². The zero-order valence-electron chi connectivity index (χ0n) is 15.7. The molecule has 0 bridgehead atoms. The highest BCUT2D eigenvalue weighted by atomic mass is 15.3. The number of hydrogen-bond donors (Lipinski definition) is 2. The van der Waals surface area contributed by atoms with Crippen LogP contribution in [-0.2, 0) is 13.6 Å². The van der Waals surface area contributed by atoms with Crippen LogP contribution in [-0.4, -0.2) is 46.9 Å². The van der Waals surface area contributed by atoms with Gasteiger partial charge in [0, 0.05) is 38.9 Å². The molecule has 1 heterocycles. The fraction of sp³-hybridized carbons (Fsp3) is 0.500. The number of rotatable bonds is 8. The summed E-state index contributed by atoms with van der Waals surface area (Å²) in [6.45, 7) is 10.4. The topological polar surface area (TPSA) is 70.4 Å². The summed E-state index contributed by atoms with van der Waals surface area (Å²) in [5.41, 5.74) is 2.54. The molecule has 2 rings (SSSR count). The molecule has 1 aromatic heterocycles. The van der Waals surface area contributed by atoms with Crippen molar-refractivity contribution in [3.05, 3.63) is 42.0 Å². The molecule has 0 saturated carbocycles. The lowest BCUT2D eigenvalue weighted by Crippen LogP contribution is -2.41. The second-order valence-electron chi connectivity index (χ2n) is 5.90. The Morgan fingerprint density at radius 3 is 2.76 bits per heavy atom. The van der Waals surface area contributed by atoms with Crippen LogP contribution in [0, 0.1) is 6.92 Å². The first-order chi connectivity index (χ1) is 12.1. The third-order valence-corrected chi connectivity index (χ3v) is 3.95. The number of aliphatic imine (C=N–C) groups is 1. The van der Waals surface area contributed by atoms with Crippen LogP contribution in [0.5, 0.6) is 0 Å². The number of benzene rings is 1. The van der Waals surface area contributed by atoms with E-state index >= 15 is 0 Å². The molecule has 0 amide bonds. The number of anilines is 1. The first-order valence-electron chi connectivity index (χ1n) is 8.80. The number of nitrogens with zero attached hydrogens (tertiary/aromatic N) is 5. The highest BCUT2D eigenvalue weighted by Gasteiger charge is 2.05. The molecule has 0 radical (unpaired) electrons. The van der Waals surface area contributed by atoms with E-state index in [1.165, 1.54) is 11.3 Å². The van der Waals surface area contributed by atoms with Crippen LogP contribution in [0.3, 0.4) is 0 Å². The Balaban J connectivity index is 1.90. The van der Waals surface area contributed by atoms with E-state index in [-0.39, 0.29) is 0 Å². The zero-order valence-corrected chi connectivity index (χ0v) is 15.7. The van der Waals surface area contributed by atoms with Crippen LogP contribution >= 0.6 is 0 Å². The van der Waals surface area contributed by atoms with Crippen molar-refractivity contribution in [2.45, 2.75) is 27.3 Å². The van der Waals surface area contributed by atoms with Gasteiger partial charge in [-0.05, 0) is 38.5 Å². The van der Waals surface area contributed by atoms with E-state index in [9.17, 15) is 0 Å². The van der Waals surface area contributed by atoms with Gasteiger partial charge in [-0.15, -0.1) is 10.2 Å². The molecular formula is C18H29N7. The Bertz CT molecular complexity index is 678. The van der Waals surface area contributed by atoms with Crippen molar-refractivity contribution in [2.75, 3.05) is 31.1 Å². The lowest BCUT2D eigenvalue weighted by atomic mass is 10.2.